The van der Waals surface area contributed by atoms with Crippen molar-refractivity contribution in [2.75, 3.05) is 18.2 Å². The Kier molecular flexibility index (Phi) is 7.87. The van der Waals surface area contributed by atoms with Crippen molar-refractivity contribution in [2.24, 2.45) is 0 Å². The summed E-state index contributed by atoms with van der Waals surface area (Å²) in [5, 5.41) is 15.2. The number of ether oxygens (including phenoxy) is 1. The Morgan fingerprint density at radius 1 is 1.24 bits per heavy atom. The van der Waals surface area contributed by atoms with Gasteiger partial charge in [0, 0.05) is 27.2 Å². The highest BCUT2D eigenvalue weighted by molar-refractivity contribution is 7.99. The van der Waals surface area contributed by atoms with Crippen molar-refractivity contribution >= 4 is 51.3 Å². The summed E-state index contributed by atoms with van der Waals surface area (Å²) in [4.78, 5) is 27.7. The number of rotatable bonds is 9. The minimum atomic E-state index is -0.383. The van der Waals surface area contributed by atoms with Crippen LogP contribution in [0.25, 0.3) is 11.4 Å². The van der Waals surface area contributed by atoms with Crippen LogP contribution in [0.2, 0.25) is 0 Å². The Labute approximate surface area is 206 Å². The van der Waals surface area contributed by atoms with Crippen molar-refractivity contribution in [3.63, 3.8) is 0 Å². The molecule has 0 atom stereocenters. The average Bonchev–Trinajstić information content (AvgIpc) is 3.54. The molecule has 176 valence electrons. The van der Waals surface area contributed by atoms with E-state index in [0.29, 0.717) is 10.6 Å². The summed E-state index contributed by atoms with van der Waals surface area (Å²) in [5.41, 5.74) is 2.63. The summed E-state index contributed by atoms with van der Waals surface area (Å²) in [6.45, 7) is 5.04. The van der Waals surface area contributed by atoms with E-state index in [-0.39, 0.29) is 17.6 Å². The number of thioether (sulfide) groups is 1. The Bertz CT molecular complexity index is 1150. The molecular weight excluding hydrogens is 476 g/mol. The van der Waals surface area contributed by atoms with Crippen molar-refractivity contribution < 1.29 is 14.3 Å². The minimum absolute atomic E-state index is 0.167. The van der Waals surface area contributed by atoms with Gasteiger partial charge in [0.25, 0.3) is 0 Å². The van der Waals surface area contributed by atoms with Crippen molar-refractivity contribution in [1.82, 2.24) is 14.8 Å². The molecule has 0 bridgehead atoms. The van der Waals surface area contributed by atoms with Gasteiger partial charge in [-0.25, -0.2) is 4.79 Å². The van der Waals surface area contributed by atoms with E-state index in [2.05, 4.69) is 45.4 Å². The summed E-state index contributed by atoms with van der Waals surface area (Å²) in [7, 11) is 1.38. The summed E-state index contributed by atoms with van der Waals surface area (Å²) >= 11 is 4.59. The van der Waals surface area contributed by atoms with Gasteiger partial charge in [0.15, 0.2) is 11.0 Å². The van der Waals surface area contributed by atoms with Crippen LogP contribution in [0.3, 0.4) is 0 Å². The van der Waals surface area contributed by atoms with Gasteiger partial charge in [0.05, 0.1) is 18.4 Å². The highest BCUT2D eigenvalue weighted by Crippen LogP contribution is 2.38. The van der Waals surface area contributed by atoms with Gasteiger partial charge in [0.2, 0.25) is 5.91 Å². The number of hydrogen-bond acceptors (Lipinski definition) is 8. The molecule has 0 saturated heterocycles. The van der Waals surface area contributed by atoms with Gasteiger partial charge in [-0.15, -0.1) is 32.9 Å². The molecule has 1 N–H and O–H groups in total. The fourth-order valence-corrected chi connectivity index (χ4v) is 6.85. The number of aryl methyl sites for hydroxylation is 2. The molecule has 3 aromatic rings. The Balaban J connectivity index is 1.48. The highest BCUT2D eigenvalue weighted by atomic mass is 32.2. The van der Waals surface area contributed by atoms with Crippen molar-refractivity contribution in [1.29, 1.82) is 0 Å². The molecule has 7 nitrogen and oxygen atoms in total. The van der Waals surface area contributed by atoms with Gasteiger partial charge in [-0.2, -0.15) is 0 Å². The van der Waals surface area contributed by atoms with Crippen LogP contribution in [-0.2, 0) is 35.3 Å². The first-order valence-corrected chi connectivity index (χ1v) is 13.9. The van der Waals surface area contributed by atoms with Crippen LogP contribution in [0.1, 0.15) is 58.8 Å². The molecule has 0 fully saturated rings. The zero-order valence-corrected chi connectivity index (χ0v) is 21.6. The third kappa shape index (κ3) is 5.17. The number of esters is 1. The van der Waals surface area contributed by atoms with Crippen LogP contribution < -0.4 is 5.32 Å². The molecule has 1 amide bonds. The lowest BCUT2D eigenvalue weighted by atomic mass is 9.95. The SMILES string of the molecule is CCCn1c(SCC(=O)Nc2sc3c(c2C(=O)OC)CCCC3)nnc1-c1csc(CC)c1. The number of nitrogens with one attached hydrogen (secondary N) is 1. The summed E-state index contributed by atoms with van der Waals surface area (Å²) in [6.07, 6.45) is 5.89. The number of methoxy groups -OCH3 is 1. The van der Waals surface area contributed by atoms with E-state index >= 15 is 0 Å². The molecule has 1 aliphatic rings. The smallest absolute Gasteiger partial charge is 0.341 e. The zero-order valence-electron chi connectivity index (χ0n) is 19.1. The van der Waals surface area contributed by atoms with E-state index in [1.54, 1.807) is 11.3 Å². The van der Waals surface area contributed by atoms with Gasteiger partial charge >= 0.3 is 5.97 Å². The topological polar surface area (TPSA) is 86.1 Å². The monoisotopic (exact) mass is 504 g/mol. The molecular formula is C23H28N4O3S3. The molecule has 0 saturated carbocycles. The van der Waals surface area contributed by atoms with Gasteiger partial charge in [0.1, 0.15) is 5.00 Å². The molecule has 0 aromatic carbocycles. The molecule has 0 aliphatic heterocycles. The molecule has 4 rings (SSSR count). The largest absolute Gasteiger partial charge is 0.465 e. The van der Waals surface area contributed by atoms with Crippen molar-refractivity contribution in [2.45, 2.75) is 64.1 Å². The maximum atomic E-state index is 12.8. The van der Waals surface area contributed by atoms with Crippen LogP contribution in [0.5, 0.6) is 0 Å². The lowest BCUT2D eigenvalue weighted by Crippen LogP contribution is -2.17. The number of anilines is 1. The molecule has 0 spiro atoms. The summed E-state index contributed by atoms with van der Waals surface area (Å²) < 4.78 is 7.09. The number of hydrogen-bond donors (Lipinski definition) is 1. The Hall–Kier alpha value is -2.17. The molecule has 0 unspecified atom stereocenters. The van der Waals surface area contributed by atoms with E-state index < -0.39 is 0 Å². The summed E-state index contributed by atoms with van der Waals surface area (Å²) in [6, 6.07) is 2.16. The third-order valence-corrected chi connectivity index (χ3v) is 8.83. The van der Waals surface area contributed by atoms with Gasteiger partial charge in [-0.1, -0.05) is 25.6 Å². The molecule has 3 aromatic heterocycles. The third-order valence-electron chi connectivity index (χ3n) is 5.57. The van der Waals surface area contributed by atoms with Crippen LogP contribution in [-0.4, -0.2) is 39.5 Å². The maximum Gasteiger partial charge on any atom is 0.341 e. The number of nitrogens with zero attached hydrogens (tertiary/aromatic N) is 3. The van der Waals surface area contributed by atoms with Crippen LogP contribution >= 0.6 is 34.4 Å². The standard InChI is InChI=1S/C23H28N4O3S3/c1-4-10-27-20(14-11-15(5-2)31-12-14)25-26-23(27)32-13-18(28)24-21-19(22(29)30-3)16-8-6-7-9-17(16)33-21/h11-12H,4-10,13H2,1-3H3,(H,24,28). The first-order valence-electron chi connectivity index (χ1n) is 11.2. The lowest BCUT2D eigenvalue weighted by Gasteiger charge is -2.11. The second-order valence-corrected chi connectivity index (χ2v) is 10.9. The number of thiophene rings is 2. The normalized spacial score (nSPS) is 13.1. The zero-order chi connectivity index (χ0) is 23.4. The highest BCUT2D eigenvalue weighted by Gasteiger charge is 2.27. The molecule has 10 heteroatoms. The number of fused-ring (bicyclic) bond motifs is 1. The van der Waals surface area contributed by atoms with E-state index in [0.717, 1.165) is 67.2 Å². The predicted molar refractivity (Wildman–Crippen MR) is 135 cm³/mol. The maximum absolute atomic E-state index is 12.8. The fourth-order valence-electron chi connectivity index (χ4n) is 3.98. The molecule has 1 aliphatic carbocycles. The number of amides is 1. The van der Waals surface area contributed by atoms with E-state index in [1.165, 1.54) is 40.0 Å². The first kappa shape index (κ1) is 24.0. The van der Waals surface area contributed by atoms with Gasteiger partial charge in [-0.05, 0) is 50.2 Å². The van der Waals surface area contributed by atoms with Crippen LogP contribution in [0.4, 0.5) is 5.00 Å². The predicted octanol–water partition coefficient (Wildman–Crippen LogP) is 5.44. The van der Waals surface area contributed by atoms with Gasteiger partial charge < -0.3 is 14.6 Å². The first-order chi connectivity index (χ1) is 16.0. The number of carbonyl (C=O) groups is 2. The quantitative estimate of drug-likeness (QED) is 0.309. The van der Waals surface area contributed by atoms with Gasteiger partial charge in [-0.3, -0.25) is 4.79 Å². The second-order valence-electron chi connectivity index (χ2n) is 7.86. The second kappa shape index (κ2) is 10.8. The summed E-state index contributed by atoms with van der Waals surface area (Å²) in [5.74, 6) is 0.483. The Morgan fingerprint density at radius 2 is 2.06 bits per heavy atom. The van der Waals surface area contributed by atoms with Crippen molar-refractivity contribution in [3.8, 4) is 11.4 Å². The minimum Gasteiger partial charge on any atom is -0.465 e. The molecule has 33 heavy (non-hydrogen) atoms. The molecule has 3 heterocycles. The average molecular weight is 505 g/mol. The van der Waals surface area contributed by atoms with E-state index in [1.807, 2.05) is 0 Å². The van der Waals surface area contributed by atoms with Crippen LogP contribution in [0, 0.1) is 0 Å². The van der Waals surface area contributed by atoms with Crippen molar-refractivity contribution in [3.05, 3.63) is 32.3 Å². The van der Waals surface area contributed by atoms with Crippen LogP contribution in [0.15, 0.2) is 16.6 Å². The Morgan fingerprint density at radius 3 is 2.79 bits per heavy atom. The van der Waals surface area contributed by atoms with E-state index in [9.17, 15) is 9.59 Å². The number of aromatic nitrogens is 3. The molecule has 0 radical (unpaired) electrons. The van der Waals surface area contributed by atoms with E-state index in [4.69, 9.17) is 4.74 Å². The lowest BCUT2D eigenvalue weighted by molar-refractivity contribution is -0.113. The number of carbonyl (C=O) groups excluding carboxylic acids is 2. The fraction of sp³-hybridized carbons (Fsp3) is 0.478.